The van der Waals surface area contributed by atoms with Crippen LogP contribution in [0.5, 0.6) is 0 Å². The number of aryl methyl sites for hydroxylation is 1. The first-order valence-electron chi connectivity index (χ1n) is 9.34. The minimum atomic E-state index is -5.16. The van der Waals surface area contributed by atoms with Gasteiger partial charge in [-0.1, -0.05) is 5.92 Å². The fourth-order valence-electron chi connectivity index (χ4n) is 3.56. The van der Waals surface area contributed by atoms with Crippen molar-refractivity contribution in [1.29, 1.82) is 0 Å². The van der Waals surface area contributed by atoms with Crippen molar-refractivity contribution in [2.45, 2.75) is 44.8 Å². The predicted molar refractivity (Wildman–Crippen MR) is 107 cm³/mol. The Morgan fingerprint density at radius 3 is 2.71 bits per heavy atom. The minimum absolute atomic E-state index is 0.0148. The van der Waals surface area contributed by atoms with E-state index in [0.717, 1.165) is 0 Å². The molecule has 0 radical (unpaired) electrons. The Morgan fingerprint density at radius 2 is 2.10 bits per heavy atom. The van der Waals surface area contributed by atoms with Crippen molar-refractivity contribution in [2.75, 3.05) is 18.5 Å². The number of halogens is 4. The molecule has 0 bridgehead atoms. The highest BCUT2D eigenvalue weighted by Crippen LogP contribution is 2.32. The number of imidazole rings is 1. The van der Waals surface area contributed by atoms with Crippen molar-refractivity contribution < 1.29 is 22.7 Å². The third-order valence-electron chi connectivity index (χ3n) is 5.01. The quantitative estimate of drug-likeness (QED) is 0.419. The average Bonchev–Trinajstić information content (AvgIpc) is 2.95. The van der Waals surface area contributed by atoms with Crippen LogP contribution in [0.4, 0.5) is 19.0 Å². The van der Waals surface area contributed by atoms with E-state index in [1.165, 1.54) is 21.1 Å². The molecule has 31 heavy (non-hydrogen) atoms. The van der Waals surface area contributed by atoms with Crippen molar-refractivity contribution in [3.05, 3.63) is 15.8 Å². The molecule has 0 aliphatic carbocycles. The molecule has 13 heteroatoms. The van der Waals surface area contributed by atoms with Gasteiger partial charge in [-0.25, -0.2) is 9.59 Å². The first-order valence-corrected chi connectivity index (χ1v) is 9.72. The topological polar surface area (TPSA) is 94.3 Å². The van der Waals surface area contributed by atoms with Crippen molar-refractivity contribution in [2.24, 2.45) is 7.05 Å². The number of nitrogens with zero attached hydrogens (tertiary/aromatic N) is 5. The van der Waals surface area contributed by atoms with Crippen LogP contribution in [0.25, 0.3) is 11.2 Å². The summed E-state index contributed by atoms with van der Waals surface area (Å²) in [5.41, 5.74) is -0.0172. The highest BCUT2D eigenvalue weighted by atomic mass is 35.5. The van der Waals surface area contributed by atoms with E-state index in [4.69, 9.17) is 16.3 Å². The van der Waals surface area contributed by atoms with Gasteiger partial charge in [0.05, 0.1) is 12.6 Å². The summed E-state index contributed by atoms with van der Waals surface area (Å²) in [7, 11) is 3.04. The number of likely N-dealkylation sites (N-methyl/N-ethyl adjacent to an activating group) is 1. The Balaban J connectivity index is 2.21. The molecule has 2 unspecified atom stereocenters. The van der Waals surface area contributed by atoms with Crippen LogP contribution in [0.3, 0.4) is 0 Å². The molecule has 0 saturated carbocycles. The number of carbonyl (C=O) groups is 1. The summed E-state index contributed by atoms with van der Waals surface area (Å²) in [6.07, 6.45) is -5.46. The van der Waals surface area contributed by atoms with E-state index in [2.05, 4.69) is 27.1 Å². The van der Waals surface area contributed by atoms with E-state index >= 15 is 0 Å². The monoisotopic (exact) mass is 460 g/mol. The number of fused-ring (bicyclic) bond motifs is 1. The number of rotatable bonds is 4. The maximum absolute atomic E-state index is 12.9. The standard InChI is InChI=1S/C18H20ClF3N6O3/c1-4-5-8-27-11-12(26(3)17(27)30)24-16(19)25-13(11)28-9-6-7-10(23-2)14(28)31-15(29)18(20,21)22/h10,14,23H,6-9H2,1-3H3. The average molecular weight is 461 g/mol. The molecule has 1 saturated heterocycles. The van der Waals surface area contributed by atoms with Gasteiger partial charge in [-0.2, -0.15) is 23.1 Å². The van der Waals surface area contributed by atoms with Gasteiger partial charge in [0.1, 0.15) is 5.52 Å². The fourth-order valence-corrected chi connectivity index (χ4v) is 3.72. The third kappa shape index (κ3) is 4.33. The van der Waals surface area contributed by atoms with Crippen LogP contribution in [-0.4, -0.2) is 57.1 Å². The maximum Gasteiger partial charge on any atom is 0.491 e. The zero-order valence-corrected chi connectivity index (χ0v) is 17.7. The van der Waals surface area contributed by atoms with Crippen molar-refractivity contribution in [1.82, 2.24) is 24.4 Å². The summed E-state index contributed by atoms with van der Waals surface area (Å²) in [4.78, 5) is 34.1. The largest absolute Gasteiger partial charge is 0.491 e. The zero-order valence-electron chi connectivity index (χ0n) is 17.0. The van der Waals surface area contributed by atoms with E-state index in [-0.39, 0.29) is 35.4 Å². The number of esters is 1. The van der Waals surface area contributed by atoms with Crippen LogP contribution in [-0.2, 0) is 23.1 Å². The summed E-state index contributed by atoms with van der Waals surface area (Å²) in [5, 5.41) is 2.68. The normalized spacial score (nSPS) is 19.3. The molecule has 168 valence electrons. The van der Waals surface area contributed by atoms with Gasteiger partial charge in [-0.15, -0.1) is 5.92 Å². The van der Waals surface area contributed by atoms with E-state index in [1.807, 2.05) is 0 Å². The van der Waals surface area contributed by atoms with Crippen molar-refractivity contribution in [3.8, 4) is 11.8 Å². The second kappa shape index (κ2) is 8.76. The van der Waals surface area contributed by atoms with Gasteiger partial charge in [-0.05, 0) is 38.4 Å². The molecule has 3 rings (SSSR count). The van der Waals surface area contributed by atoms with Crippen LogP contribution in [0.15, 0.2) is 4.79 Å². The minimum Gasteiger partial charge on any atom is -0.433 e. The van der Waals surface area contributed by atoms with E-state index in [9.17, 15) is 22.8 Å². The summed E-state index contributed by atoms with van der Waals surface area (Å²) >= 11 is 6.07. The number of carbonyl (C=O) groups excluding carboxylic acids is 1. The Hall–Kier alpha value is -2.78. The summed E-state index contributed by atoms with van der Waals surface area (Å²) in [6, 6.07) is -0.608. The number of anilines is 1. The van der Waals surface area contributed by atoms with Crippen LogP contribution in [0.2, 0.25) is 5.28 Å². The molecular weight excluding hydrogens is 441 g/mol. The molecular formula is C18H20ClF3N6O3. The summed E-state index contributed by atoms with van der Waals surface area (Å²) in [6.45, 7) is 1.85. The lowest BCUT2D eigenvalue weighted by molar-refractivity contribution is -0.206. The Morgan fingerprint density at radius 1 is 1.39 bits per heavy atom. The Kier molecular flexibility index (Phi) is 6.47. The lowest BCUT2D eigenvalue weighted by Crippen LogP contribution is -2.56. The molecule has 0 amide bonds. The van der Waals surface area contributed by atoms with Gasteiger partial charge in [-0.3, -0.25) is 9.13 Å². The van der Waals surface area contributed by atoms with E-state index in [0.29, 0.717) is 12.8 Å². The number of aromatic nitrogens is 4. The van der Waals surface area contributed by atoms with Gasteiger partial charge in [0.2, 0.25) is 5.28 Å². The molecule has 1 aliphatic heterocycles. The highest BCUT2D eigenvalue weighted by Gasteiger charge is 2.46. The predicted octanol–water partition coefficient (Wildman–Crippen LogP) is 1.43. The number of alkyl halides is 3. The molecule has 1 aliphatic rings. The summed E-state index contributed by atoms with van der Waals surface area (Å²) in [5.74, 6) is 3.25. The lowest BCUT2D eigenvalue weighted by atomic mass is 10.0. The first-order chi connectivity index (χ1) is 14.6. The number of ether oxygens (including phenoxy) is 1. The number of hydrogen-bond donors (Lipinski definition) is 1. The van der Waals surface area contributed by atoms with Crippen molar-refractivity contribution in [3.63, 3.8) is 0 Å². The molecule has 0 aromatic carbocycles. The molecule has 1 fully saturated rings. The Bertz CT molecular complexity index is 1120. The first kappa shape index (κ1) is 22.9. The summed E-state index contributed by atoms with van der Waals surface area (Å²) < 4.78 is 46.2. The number of nitrogens with one attached hydrogen (secondary N) is 1. The molecule has 2 aromatic heterocycles. The highest BCUT2D eigenvalue weighted by molar-refractivity contribution is 6.28. The smallest absolute Gasteiger partial charge is 0.433 e. The molecule has 2 atom stereocenters. The second-order valence-electron chi connectivity index (χ2n) is 6.87. The van der Waals surface area contributed by atoms with Crippen LogP contribution in [0, 0.1) is 11.8 Å². The number of hydrogen-bond acceptors (Lipinski definition) is 7. The van der Waals surface area contributed by atoms with Gasteiger partial charge < -0.3 is 15.0 Å². The van der Waals surface area contributed by atoms with Crippen LogP contribution < -0.4 is 15.9 Å². The van der Waals surface area contributed by atoms with Crippen molar-refractivity contribution >= 4 is 34.6 Å². The fraction of sp³-hybridized carbons (Fsp3) is 0.556. The molecule has 9 nitrogen and oxygen atoms in total. The second-order valence-corrected chi connectivity index (χ2v) is 7.21. The van der Waals surface area contributed by atoms with Gasteiger partial charge in [0.25, 0.3) is 0 Å². The van der Waals surface area contributed by atoms with Crippen LogP contribution >= 0.6 is 11.6 Å². The van der Waals surface area contributed by atoms with Crippen LogP contribution in [0.1, 0.15) is 19.8 Å². The van der Waals surface area contributed by atoms with Gasteiger partial charge >= 0.3 is 17.8 Å². The number of piperidine rings is 1. The SMILES string of the molecule is CC#CCn1c(=O)n(C)c2nc(Cl)nc(N3CCCC(NC)C3OC(=O)C(F)(F)F)c21. The maximum atomic E-state index is 12.9. The third-order valence-corrected chi connectivity index (χ3v) is 5.18. The molecule has 2 aromatic rings. The van der Waals surface area contributed by atoms with Gasteiger partial charge in [0, 0.05) is 13.6 Å². The van der Waals surface area contributed by atoms with E-state index < -0.39 is 30.1 Å². The Labute approximate surface area is 180 Å². The zero-order chi connectivity index (χ0) is 22.9. The molecule has 3 heterocycles. The van der Waals surface area contributed by atoms with Gasteiger partial charge in [0.15, 0.2) is 17.7 Å². The van der Waals surface area contributed by atoms with E-state index in [1.54, 1.807) is 14.0 Å². The molecule has 1 N–H and O–H groups in total. The molecule has 0 spiro atoms. The lowest BCUT2D eigenvalue weighted by Gasteiger charge is -2.41.